The van der Waals surface area contributed by atoms with Crippen LogP contribution in [0.15, 0.2) is 0 Å². The molecule has 4 fully saturated rings. The monoisotopic (exact) mass is 340 g/mol. The van der Waals surface area contributed by atoms with Crippen molar-refractivity contribution in [1.82, 2.24) is 0 Å². The smallest absolute Gasteiger partial charge is 0.390 e. The Morgan fingerprint density at radius 3 is 2.05 bits per heavy atom. The molecule has 4 nitrogen and oxygen atoms in total. The number of halogens is 3. The number of hydrogen-bond acceptors (Lipinski definition) is 4. The highest BCUT2D eigenvalue weighted by Gasteiger charge is 3.02. The first-order chi connectivity index (χ1) is 10.0. The normalized spacial score (nSPS) is 49.4. The molecule has 4 saturated carbocycles. The van der Waals surface area contributed by atoms with E-state index in [0.29, 0.717) is 12.8 Å². The predicted molar refractivity (Wildman–Crippen MR) is 70.5 cm³/mol. The maximum atomic E-state index is 13.2. The summed E-state index contributed by atoms with van der Waals surface area (Å²) in [5, 5.41) is 21.3. The van der Waals surface area contributed by atoms with Gasteiger partial charge in [-0.25, -0.2) is 8.42 Å². The third kappa shape index (κ3) is 1.08. The van der Waals surface area contributed by atoms with Crippen molar-refractivity contribution in [3.8, 4) is 0 Å². The van der Waals surface area contributed by atoms with Crippen LogP contribution in [0.5, 0.6) is 0 Å². The van der Waals surface area contributed by atoms with Crippen LogP contribution < -0.4 is 0 Å². The summed E-state index contributed by atoms with van der Waals surface area (Å²) in [6.45, 7) is 0. The van der Waals surface area contributed by atoms with Crippen LogP contribution in [0.3, 0.4) is 0 Å². The van der Waals surface area contributed by atoms with E-state index in [1.165, 1.54) is 0 Å². The molecule has 2 spiro atoms. The highest BCUT2D eigenvalue weighted by molar-refractivity contribution is 7.93. The summed E-state index contributed by atoms with van der Waals surface area (Å²) < 4.78 is 62.0. The van der Waals surface area contributed by atoms with E-state index in [1.54, 1.807) is 0 Å². The maximum Gasteiger partial charge on any atom is 0.497 e. The van der Waals surface area contributed by atoms with Crippen LogP contribution in [-0.2, 0) is 9.84 Å². The lowest BCUT2D eigenvalue weighted by Gasteiger charge is -2.51. The summed E-state index contributed by atoms with van der Waals surface area (Å²) in [4.78, 5) is 0. The van der Waals surface area contributed by atoms with Crippen LogP contribution >= 0.6 is 0 Å². The van der Waals surface area contributed by atoms with Crippen LogP contribution in [0.4, 0.5) is 13.2 Å². The highest BCUT2D eigenvalue weighted by atomic mass is 32.2. The minimum absolute atomic E-state index is 0.115. The lowest BCUT2D eigenvalue weighted by atomic mass is 9.61. The highest BCUT2D eigenvalue weighted by Crippen LogP contribution is 2.93. The standard InChI is InChI=1S/C14H19F3O4S/c15-14(16,17)22(20,21)11-6-7-12(11)10(4-2-1-3-5-10)13(12,19)9(18)8-11/h9,18-19H,1-8H2/t9-,11+,12?,13?/m0/s1. The summed E-state index contributed by atoms with van der Waals surface area (Å²) in [7, 11) is -5.42. The molecule has 0 aromatic rings. The Labute approximate surface area is 126 Å². The van der Waals surface area contributed by atoms with Gasteiger partial charge in [0.25, 0.3) is 9.84 Å². The van der Waals surface area contributed by atoms with E-state index < -0.39 is 49.0 Å². The van der Waals surface area contributed by atoms with Crippen molar-refractivity contribution >= 4 is 9.84 Å². The molecular formula is C14H19F3O4S. The van der Waals surface area contributed by atoms with E-state index in [4.69, 9.17) is 0 Å². The first kappa shape index (κ1) is 15.2. The van der Waals surface area contributed by atoms with E-state index in [2.05, 4.69) is 0 Å². The van der Waals surface area contributed by atoms with Crippen LogP contribution in [0.1, 0.15) is 51.4 Å². The Morgan fingerprint density at radius 2 is 1.59 bits per heavy atom. The molecule has 2 N–H and O–H groups in total. The average Bonchev–Trinajstić information content (AvgIpc) is 2.84. The van der Waals surface area contributed by atoms with Gasteiger partial charge in [-0.05, 0) is 32.1 Å². The SMILES string of the molecule is O=S(=O)(C(F)(F)F)[C@@]12CCC13C1(CCCCC1)C3(O)[C@@H](O)C2. The third-order valence-electron chi connectivity index (χ3n) is 7.35. The summed E-state index contributed by atoms with van der Waals surface area (Å²) in [5.41, 5.74) is -9.13. The molecule has 0 bridgehead atoms. The van der Waals surface area contributed by atoms with Crippen molar-refractivity contribution in [3.05, 3.63) is 0 Å². The molecule has 2 unspecified atom stereocenters. The topological polar surface area (TPSA) is 74.6 Å². The van der Waals surface area contributed by atoms with Crippen molar-refractivity contribution in [1.29, 1.82) is 0 Å². The molecule has 4 atom stereocenters. The Bertz CT molecular complexity index is 639. The Morgan fingerprint density at radius 1 is 1.00 bits per heavy atom. The molecular weight excluding hydrogens is 321 g/mol. The molecule has 22 heavy (non-hydrogen) atoms. The van der Waals surface area contributed by atoms with Gasteiger partial charge < -0.3 is 10.2 Å². The fourth-order valence-electron chi connectivity index (χ4n) is 6.64. The van der Waals surface area contributed by atoms with Gasteiger partial charge in [0.15, 0.2) is 0 Å². The van der Waals surface area contributed by atoms with Gasteiger partial charge in [-0.15, -0.1) is 0 Å². The van der Waals surface area contributed by atoms with Gasteiger partial charge in [0, 0.05) is 10.8 Å². The summed E-state index contributed by atoms with van der Waals surface area (Å²) in [6.07, 6.45) is 1.75. The predicted octanol–water partition coefficient (Wildman–Crippen LogP) is 1.90. The number of fused-ring (bicyclic) bond motifs is 1. The first-order valence-electron chi connectivity index (χ1n) is 7.76. The van der Waals surface area contributed by atoms with Crippen molar-refractivity contribution in [2.45, 2.75) is 73.3 Å². The summed E-state index contributed by atoms with van der Waals surface area (Å²) in [6, 6.07) is 0. The molecule has 4 rings (SSSR count). The average molecular weight is 340 g/mol. The van der Waals surface area contributed by atoms with Gasteiger partial charge in [0.2, 0.25) is 0 Å². The molecule has 126 valence electrons. The van der Waals surface area contributed by atoms with E-state index in [-0.39, 0.29) is 12.8 Å². The second kappa shape index (κ2) is 3.67. The Balaban J connectivity index is 1.89. The van der Waals surface area contributed by atoms with Crippen LogP contribution in [-0.4, -0.2) is 40.6 Å². The fraction of sp³-hybridized carbons (Fsp3) is 1.00. The van der Waals surface area contributed by atoms with Gasteiger partial charge in [0.05, 0.1) is 10.9 Å². The minimum Gasteiger partial charge on any atom is -0.390 e. The van der Waals surface area contributed by atoms with Crippen LogP contribution in [0.25, 0.3) is 0 Å². The van der Waals surface area contributed by atoms with Gasteiger partial charge in [-0.2, -0.15) is 13.2 Å². The molecule has 0 heterocycles. The molecule has 4 aliphatic rings. The second-order valence-corrected chi connectivity index (χ2v) is 9.73. The Kier molecular flexibility index (Phi) is 2.53. The zero-order valence-corrected chi connectivity index (χ0v) is 12.8. The summed E-state index contributed by atoms with van der Waals surface area (Å²) >= 11 is 0. The minimum atomic E-state index is -5.42. The third-order valence-corrected chi connectivity index (χ3v) is 9.71. The zero-order chi connectivity index (χ0) is 16.2. The lowest BCUT2D eigenvalue weighted by Crippen LogP contribution is -2.60. The number of aliphatic hydroxyl groups is 2. The van der Waals surface area contributed by atoms with E-state index >= 15 is 0 Å². The number of rotatable bonds is 1. The number of hydrogen-bond donors (Lipinski definition) is 2. The molecule has 8 heteroatoms. The molecule has 0 aromatic heterocycles. The van der Waals surface area contributed by atoms with Gasteiger partial charge in [-0.3, -0.25) is 0 Å². The number of aliphatic hydroxyl groups excluding tert-OH is 1. The molecule has 0 saturated heterocycles. The molecule has 0 radical (unpaired) electrons. The largest absolute Gasteiger partial charge is 0.497 e. The number of alkyl halides is 3. The molecule has 0 aromatic carbocycles. The van der Waals surface area contributed by atoms with Crippen molar-refractivity contribution in [2.24, 2.45) is 10.8 Å². The lowest BCUT2D eigenvalue weighted by molar-refractivity contribution is -0.0526. The Hall–Kier alpha value is -0.340. The fourth-order valence-corrected chi connectivity index (χ4v) is 8.74. The van der Waals surface area contributed by atoms with Gasteiger partial charge in [0.1, 0.15) is 5.60 Å². The van der Waals surface area contributed by atoms with Gasteiger partial charge >= 0.3 is 5.51 Å². The molecule has 0 amide bonds. The van der Waals surface area contributed by atoms with E-state index in [9.17, 15) is 31.8 Å². The first-order valence-corrected chi connectivity index (χ1v) is 9.24. The van der Waals surface area contributed by atoms with Crippen LogP contribution in [0.2, 0.25) is 0 Å². The second-order valence-electron chi connectivity index (χ2n) is 7.48. The van der Waals surface area contributed by atoms with E-state index in [1.807, 2.05) is 0 Å². The number of sulfone groups is 1. The zero-order valence-electron chi connectivity index (χ0n) is 12.0. The van der Waals surface area contributed by atoms with Crippen molar-refractivity contribution in [3.63, 3.8) is 0 Å². The molecule has 4 aliphatic carbocycles. The van der Waals surface area contributed by atoms with Crippen molar-refractivity contribution < 1.29 is 31.8 Å². The van der Waals surface area contributed by atoms with Gasteiger partial charge in [-0.1, -0.05) is 19.3 Å². The van der Waals surface area contributed by atoms with Crippen LogP contribution in [0, 0.1) is 10.8 Å². The van der Waals surface area contributed by atoms with Crippen molar-refractivity contribution in [2.75, 3.05) is 0 Å². The quantitative estimate of drug-likeness (QED) is 0.765. The molecule has 0 aliphatic heterocycles. The summed E-state index contributed by atoms with van der Waals surface area (Å²) in [5.74, 6) is 0. The maximum absolute atomic E-state index is 13.2. The van der Waals surface area contributed by atoms with E-state index in [0.717, 1.165) is 19.3 Å².